The first-order chi connectivity index (χ1) is 28.0. The molecule has 6 heteroatoms. The zero-order valence-corrected chi connectivity index (χ0v) is 38.1. The number of unbranched alkanes of at least 4 members (excludes halogenated alkanes) is 31. The van der Waals surface area contributed by atoms with Crippen LogP contribution in [0.3, 0.4) is 0 Å². The SMILES string of the molecule is CCCC/C=C\C=C/CCCCCC(=O)OCC(COC(=O)CCCCCCCCCCCCCCCCCC)OC(=O)CCCCCCCCCCCCCC. The Balaban J connectivity index is 4.33. The Kier molecular flexibility index (Phi) is 44.9. The molecule has 0 saturated carbocycles. The van der Waals surface area contributed by atoms with Crippen LogP contribution >= 0.6 is 0 Å². The summed E-state index contributed by atoms with van der Waals surface area (Å²) in [5.41, 5.74) is 0. The third kappa shape index (κ3) is 44.8. The van der Waals surface area contributed by atoms with Gasteiger partial charge in [0.25, 0.3) is 0 Å². The third-order valence-corrected chi connectivity index (χ3v) is 11.0. The second-order valence-corrected chi connectivity index (χ2v) is 16.8. The summed E-state index contributed by atoms with van der Waals surface area (Å²) in [6, 6.07) is 0. The van der Waals surface area contributed by atoms with Gasteiger partial charge in [-0.1, -0.05) is 231 Å². The van der Waals surface area contributed by atoms with Gasteiger partial charge < -0.3 is 14.2 Å². The summed E-state index contributed by atoms with van der Waals surface area (Å²) < 4.78 is 16.7. The average Bonchev–Trinajstić information content (AvgIpc) is 3.21. The monoisotopic (exact) mass is 803 g/mol. The molecular weight excluding hydrogens is 709 g/mol. The van der Waals surface area contributed by atoms with E-state index in [0.29, 0.717) is 19.3 Å². The lowest BCUT2D eigenvalue weighted by Crippen LogP contribution is -2.30. The molecule has 0 amide bonds. The molecule has 0 heterocycles. The first kappa shape index (κ1) is 54.9. The molecule has 0 saturated heterocycles. The summed E-state index contributed by atoms with van der Waals surface area (Å²) in [6.45, 7) is 6.58. The van der Waals surface area contributed by atoms with Gasteiger partial charge in [-0.15, -0.1) is 0 Å². The minimum atomic E-state index is -0.774. The van der Waals surface area contributed by atoms with E-state index in [2.05, 4.69) is 45.1 Å². The van der Waals surface area contributed by atoms with Crippen LogP contribution in [0, 0.1) is 0 Å². The highest BCUT2D eigenvalue weighted by Gasteiger charge is 2.19. The Hall–Kier alpha value is -2.11. The first-order valence-corrected chi connectivity index (χ1v) is 24.9. The molecule has 0 aromatic carbocycles. The molecule has 0 N–H and O–H groups in total. The number of ether oxygens (including phenoxy) is 3. The van der Waals surface area contributed by atoms with Gasteiger partial charge in [0, 0.05) is 19.3 Å². The van der Waals surface area contributed by atoms with Crippen molar-refractivity contribution < 1.29 is 28.6 Å². The van der Waals surface area contributed by atoms with E-state index < -0.39 is 6.10 Å². The first-order valence-electron chi connectivity index (χ1n) is 24.9. The van der Waals surface area contributed by atoms with Crippen LogP contribution in [0.1, 0.15) is 265 Å². The normalized spacial score (nSPS) is 12.1. The van der Waals surface area contributed by atoms with Crippen LogP contribution in [0.25, 0.3) is 0 Å². The van der Waals surface area contributed by atoms with Crippen LogP contribution in [0.4, 0.5) is 0 Å². The fraction of sp³-hybridized carbons (Fsp3) is 0.863. The van der Waals surface area contributed by atoms with E-state index >= 15 is 0 Å². The van der Waals surface area contributed by atoms with Gasteiger partial charge >= 0.3 is 17.9 Å². The molecule has 0 radical (unpaired) electrons. The average molecular weight is 803 g/mol. The minimum Gasteiger partial charge on any atom is -0.462 e. The third-order valence-electron chi connectivity index (χ3n) is 11.0. The van der Waals surface area contributed by atoms with Crippen LogP contribution in [0.15, 0.2) is 24.3 Å². The predicted octanol–water partition coefficient (Wildman–Crippen LogP) is 16.0. The lowest BCUT2D eigenvalue weighted by atomic mass is 10.0. The molecule has 6 nitrogen and oxygen atoms in total. The van der Waals surface area contributed by atoms with Crippen molar-refractivity contribution in [2.45, 2.75) is 271 Å². The van der Waals surface area contributed by atoms with Crippen molar-refractivity contribution >= 4 is 17.9 Å². The Morgan fingerprint density at radius 2 is 0.632 bits per heavy atom. The van der Waals surface area contributed by atoms with E-state index in [1.165, 1.54) is 154 Å². The smallest absolute Gasteiger partial charge is 0.306 e. The molecule has 0 aliphatic heterocycles. The van der Waals surface area contributed by atoms with Gasteiger partial charge in [-0.3, -0.25) is 14.4 Å². The van der Waals surface area contributed by atoms with Gasteiger partial charge in [-0.25, -0.2) is 0 Å². The maximum Gasteiger partial charge on any atom is 0.306 e. The summed E-state index contributed by atoms with van der Waals surface area (Å²) >= 11 is 0. The maximum absolute atomic E-state index is 12.7. The van der Waals surface area contributed by atoms with Gasteiger partial charge in [0.05, 0.1) is 0 Å². The molecule has 0 aliphatic carbocycles. The van der Waals surface area contributed by atoms with Crippen molar-refractivity contribution in [1.82, 2.24) is 0 Å². The molecule has 334 valence electrons. The van der Waals surface area contributed by atoms with Gasteiger partial charge in [0.15, 0.2) is 6.10 Å². The number of esters is 3. The molecule has 0 spiro atoms. The molecule has 0 aliphatic rings. The Bertz CT molecular complexity index is 927. The van der Waals surface area contributed by atoms with E-state index in [9.17, 15) is 14.4 Å². The van der Waals surface area contributed by atoms with Gasteiger partial charge in [0.1, 0.15) is 13.2 Å². The fourth-order valence-corrected chi connectivity index (χ4v) is 7.18. The van der Waals surface area contributed by atoms with Crippen molar-refractivity contribution in [2.24, 2.45) is 0 Å². The number of hydrogen-bond acceptors (Lipinski definition) is 6. The minimum absolute atomic E-state index is 0.0750. The Morgan fingerprint density at radius 1 is 0.351 bits per heavy atom. The van der Waals surface area contributed by atoms with E-state index in [-0.39, 0.29) is 31.1 Å². The molecule has 0 bridgehead atoms. The van der Waals surface area contributed by atoms with E-state index in [1.807, 2.05) is 0 Å². The molecule has 1 unspecified atom stereocenters. The number of carbonyl (C=O) groups is 3. The maximum atomic E-state index is 12.7. The number of rotatable bonds is 45. The van der Waals surface area contributed by atoms with Crippen LogP contribution in [0.5, 0.6) is 0 Å². The van der Waals surface area contributed by atoms with Crippen molar-refractivity contribution in [3.05, 3.63) is 24.3 Å². The predicted molar refractivity (Wildman–Crippen MR) is 243 cm³/mol. The second kappa shape index (κ2) is 46.6. The molecule has 0 aromatic rings. The molecule has 57 heavy (non-hydrogen) atoms. The van der Waals surface area contributed by atoms with Crippen LogP contribution in [-0.4, -0.2) is 37.2 Å². The van der Waals surface area contributed by atoms with Crippen LogP contribution in [-0.2, 0) is 28.6 Å². The van der Waals surface area contributed by atoms with E-state index in [4.69, 9.17) is 14.2 Å². The standard InChI is InChI=1S/C51H94O6/c1-4-7-10-13-16-19-22-24-25-26-27-30-32-35-38-41-44-50(53)56-47-48(46-55-49(52)43-40-37-34-31-28-21-18-15-12-9-6-3)57-51(54)45-42-39-36-33-29-23-20-17-14-11-8-5-2/h15,18,21,28,48H,4-14,16-17,19-20,22-27,29-47H2,1-3H3/b18-15-,28-21-. The molecule has 0 fully saturated rings. The number of allylic oxidation sites excluding steroid dienone is 4. The summed E-state index contributed by atoms with van der Waals surface area (Å²) in [5.74, 6) is -0.893. The highest BCUT2D eigenvalue weighted by molar-refractivity contribution is 5.71. The molecular formula is C51H94O6. The van der Waals surface area contributed by atoms with Crippen molar-refractivity contribution in [2.75, 3.05) is 13.2 Å². The van der Waals surface area contributed by atoms with Crippen molar-refractivity contribution in [1.29, 1.82) is 0 Å². The van der Waals surface area contributed by atoms with E-state index in [0.717, 1.165) is 70.6 Å². The lowest BCUT2D eigenvalue weighted by molar-refractivity contribution is -0.167. The zero-order valence-electron chi connectivity index (χ0n) is 38.1. The van der Waals surface area contributed by atoms with Crippen LogP contribution in [0.2, 0.25) is 0 Å². The number of hydrogen-bond donors (Lipinski definition) is 0. The van der Waals surface area contributed by atoms with Gasteiger partial charge in [0.2, 0.25) is 0 Å². The molecule has 0 rings (SSSR count). The summed E-state index contributed by atoms with van der Waals surface area (Å²) in [5, 5.41) is 0. The van der Waals surface area contributed by atoms with Gasteiger partial charge in [-0.2, -0.15) is 0 Å². The summed E-state index contributed by atoms with van der Waals surface area (Å²) in [4.78, 5) is 37.8. The van der Waals surface area contributed by atoms with Crippen molar-refractivity contribution in [3.8, 4) is 0 Å². The highest BCUT2D eigenvalue weighted by Crippen LogP contribution is 2.16. The van der Waals surface area contributed by atoms with Crippen LogP contribution < -0.4 is 0 Å². The van der Waals surface area contributed by atoms with E-state index in [1.54, 1.807) is 0 Å². The van der Waals surface area contributed by atoms with Gasteiger partial charge in [-0.05, 0) is 38.5 Å². The largest absolute Gasteiger partial charge is 0.462 e. The Labute approximate surface area is 353 Å². The fourth-order valence-electron chi connectivity index (χ4n) is 7.18. The lowest BCUT2D eigenvalue weighted by Gasteiger charge is -2.18. The Morgan fingerprint density at radius 3 is 0.982 bits per heavy atom. The quantitative estimate of drug-likeness (QED) is 0.0264. The molecule has 1 atom stereocenters. The highest BCUT2D eigenvalue weighted by atomic mass is 16.6. The zero-order chi connectivity index (χ0) is 41.5. The van der Waals surface area contributed by atoms with Crippen molar-refractivity contribution in [3.63, 3.8) is 0 Å². The summed E-state index contributed by atoms with van der Waals surface area (Å²) in [6.07, 6.45) is 51.6. The summed E-state index contributed by atoms with van der Waals surface area (Å²) in [7, 11) is 0. The molecule has 0 aromatic heterocycles. The second-order valence-electron chi connectivity index (χ2n) is 16.8. The number of carbonyl (C=O) groups excluding carboxylic acids is 3. The topological polar surface area (TPSA) is 78.9 Å².